The topological polar surface area (TPSA) is 79.6 Å². The molecule has 4 rings (SSSR count). The molecule has 7 nitrogen and oxygen atoms in total. The number of benzene rings is 1. The van der Waals surface area contributed by atoms with Crippen molar-refractivity contribution in [2.24, 2.45) is 0 Å². The lowest BCUT2D eigenvalue weighted by molar-refractivity contribution is -0.122. The Morgan fingerprint density at radius 3 is 2.76 bits per heavy atom. The Labute approximate surface area is 169 Å². The van der Waals surface area contributed by atoms with Gasteiger partial charge in [-0.3, -0.25) is 14.0 Å². The van der Waals surface area contributed by atoms with Gasteiger partial charge in [-0.1, -0.05) is 24.3 Å². The maximum Gasteiger partial charge on any atom is 0.237 e. The van der Waals surface area contributed by atoms with E-state index in [9.17, 15) is 9.59 Å². The summed E-state index contributed by atoms with van der Waals surface area (Å²) >= 11 is 0. The molecular formula is C22H25N5O2. The summed E-state index contributed by atoms with van der Waals surface area (Å²) in [5.41, 5.74) is 2.21. The molecule has 0 spiro atoms. The van der Waals surface area contributed by atoms with Gasteiger partial charge in [0.05, 0.1) is 5.41 Å². The van der Waals surface area contributed by atoms with E-state index in [1.165, 1.54) is 0 Å². The number of para-hydroxylation sites is 1. The fourth-order valence-corrected chi connectivity index (χ4v) is 3.86. The molecule has 3 heterocycles. The summed E-state index contributed by atoms with van der Waals surface area (Å²) in [6.07, 6.45) is 3.73. The van der Waals surface area contributed by atoms with Crippen LogP contribution < -0.4 is 10.2 Å². The minimum Gasteiger partial charge on any atom is -0.356 e. The average Bonchev–Trinajstić information content (AvgIpc) is 3.22. The second-order valence-electron chi connectivity index (χ2n) is 7.85. The number of nitrogens with one attached hydrogen (secondary N) is 1. The van der Waals surface area contributed by atoms with Crippen molar-refractivity contribution in [3.8, 4) is 0 Å². The molecule has 0 aliphatic carbocycles. The van der Waals surface area contributed by atoms with Crippen LogP contribution in [0.2, 0.25) is 0 Å². The zero-order valence-electron chi connectivity index (χ0n) is 16.8. The van der Waals surface area contributed by atoms with Gasteiger partial charge in [-0.05, 0) is 44.0 Å². The van der Waals surface area contributed by atoms with Crippen LogP contribution in [0.15, 0.2) is 48.7 Å². The molecule has 0 saturated carbocycles. The van der Waals surface area contributed by atoms with Gasteiger partial charge in [0.1, 0.15) is 5.82 Å². The largest absolute Gasteiger partial charge is 0.356 e. The van der Waals surface area contributed by atoms with Gasteiger partial charge in [0.2, 0.25) is 11.8 Å². The third-order valence-electron chi connectivity index (χ3n) is 5.49. The van der Waals surface area contributed by atoms with E-state index in [1.54, 1.807) is 4.90 Å². The summed E-state index contributed by atoms with van der Waals surface area (Å²) in [6, 6.07) is 13.6. The van der Waals surface area contributed by atoms with E-state index in [0.29, 0.717) is 13.1 Å². The predicted molar refractivity (Wildman–Crippen MR) is 111 cm³/mol. The van der Waals surface area contributed by atoms with Crippen LogP contribution in [0.4, 0.5) is 5.69 Å². The Morgan fingerprint density at radius 1 is 1.10 bits per heavy atom. The fraction of sp³-hybridized carbons (Fsp3) is 0.364. The molecule has 0 bridgehead atoms. The Morgan fingerprint density at radius 2 is 1.90 bits per heavy atom. The average molecular weight is 391 g/mol. The molecule has 0 unspecified atom stereocenters. The molecule has 0 radical (unpaired) electrons. The minimum absolute atomic E-state index is 0.0465. The molecule has 0 saturated heterocycles. The van der Waals surface area contributed by atoms with Gasteiger partial charge in [0, 0.05) is 37.8 Å². The van der Waals surface area contributed by atoms with Crippen molar-refractivity contribution in [3.05, 3.63) is 60.0 Å². The number of pyridine rings is 1. The number of hydrogen-bond donors (Lipinski definition) is 1. The van der Waals surface area contributed by atoms with Gasteiger partial charge >= 0.3 is 0 Å². The lowest BCUT2D eigenvalue weighted by Gasteiger charge is -2.20. The molecule has 1 N–H and O–H groups in total. The van der Waals surface area contributed by atoms with E-state index in [4.69, 9.17) is 0 Å². The number of hydrogen-bond acceptors (Lipinski definition) is 4. The molecule has 0 fully saturated rings. The van der Waals surface area contributed by atoms with E-state index in [1.807, 2.05) is 66.9 Å². The highest BCUT2D eigenvalue weighted by Crippen LogP contribution is 2.41. The quantitative estimate of drug-likeness (QED) is 0.628. The summed E-state index contributed by atoms with van der Waals surface area (Å²) in [5.74, 6) is 0.882. The molecule has 150 valence electrons. The number of fused-ring (bicyclic) bond motifs is 2. The third-order valence-corrected chi connectivity index (χ3v) is 5.49. The smallest absolute Gasteiger partial charge is 0.237 e. The molecule has 3 aromatic rings. The van der Waals surface area contributed by atoms with Gasteiger partial charge in [-0.15, -0.1) is 10.2 Å². The van der Waals surface area contributed by atoms with E-state index in [2.05, 4.69) is 15.5 Å². The van der Waals surface area contributed by atoms with Crippen LogP contribution in [0.3, 0.4) is 0 Å². The van der Waals surface area contributed by atoms with Crippen LogP contribution in [0.1, 0.15) is 38.1 Å². The zero-order valence-corrected chi connectivity index (χ0v) is 16.8. The van der Waals surface area contributed by atoms with Gasteiger partial charge in [-0.25, -0.2) is 0 Å². The van der Waals surface area contributed by atoms with E-state index in [0.717, 1.165) is 35.6 Å². The second-order valence-corrected chi connectivity index (χ2v) is 7.85. The fourth-order valence-electron chi connectivity index (χ4n) is 3.86. The monoisotopic (exact) mass is 391 g/mol. The zero-order chi connectivity index (χ0) is 20.4. The molecule has 0 atom stereocenters. The van der Waals surface area contributed by atoms with Crippen LogP contribution in [-0.4, -0.2) is 39.5 Å². The van der Waals surface area contributed by atoms with Gasteiger partial charge in [0.15, 0.2) is 5.65 Å². The third kappa shape index (κ3) is 3.60. The molecular weight excluding hydrogens is 366 g/mol. The van der Waals surface area contributed by atoms with Crippen LogP contribution in [0.25, 0.3) is 5.65 Å². The summed E-state index contributed by atoms with van der Waals surface area (Å²) in [5, 5.41) is 11.3. The van der Waals surface area contributed by atoms with Crippen LogP contribution in [0.5, 0.6) is 0 Å². The highest BCUT2D eigenvalue weighted by Gasteiger charge is 2.43. The number of anilines is 1. The first-order valence-corrected chi connectivity index (χ1v) is 9.95. The number of carbonyl (C=O) groups is 2. The highest BCUT2D eigenvalue weighted by molar-refractivity contribution is 6.07. The molecule has 1 aliphatic rings. The predicted octanol–water partition coefficient (Wildman–Crippen LogP) is 2.49. The number of aryl methyl sites for hydroxylation is 1. The standard InChI is InChI=1S/C22H25N5O2/c1-22(2)16-8-3-4-9-17(16)26(21(22)29)15-12-20(28)23-13-7-11-19-25-24-18-10-5-6-14-27(18)19/h3-6,8-10,14H,7,11-13,15H2,1-2H3,(H,23,28). The molecule has 7 heteroatoms. The molecule has 2 aromatic heterocycles. The lowest BCUT2D eigenvalue weighted by atomic mass is 9.86. The number of aromatic nitrogens is 3. The van der Waals surface area contributed by atoms with Gasteiger partial charge in [-0.2, -0.15) is 0 Å². The maximum atomic E-state index is 12.8. The van der Waals surface area contributed by atoms with E-state index in [-0.39, 0.29) is 18.2 Å². The number of carbonyl (C=O) groups excluding carboxylic acids is 2. The minimum atomic E-state index is -0.548. The lowest BCUT2D eigenvalue weighted by Crippen LogP contribution is -2.38. The van der Waals surface area contributed by atoms with Crippen molar-refractivity contribution in [3.63, 3.8) is 0 Å². The van der Waals surface area contributed by atoms with E-state index < -0.39 is 5.41 Å². The number of rotatable bonds is 7. The van der Waals surface area contributed by atoms with E-state index >= 15 is 0 Å². The van der Waals surface area contributed by atoms with Crippen molar-refractivity contribution < 1.29 is 9.59 Å². The Balaban J connectivity index is 1.26. The molecule has 29 heavy (non-hydrogen) atoms. The summed E-state index contributed by atoms with van der Waals surface area (Å²) in [7, 11) is 0. The SMILES string of the molecule is CC1(C)C(=O)N(CCC(=O)NCCCc2nnc3ccccn23)c2ccccc21. The first kappa shape index (κ1) is 19.1. The van der Waals surface area contributed by atoms with Crippen molar-refractivity contribution in [1.29, 1.82) is 0 Å². The summed E-state index contributed by atoms with van der Waals surface area (Å²) in [4.78, 5) is 26.8. The second kappa shape index (κ2) is 7.66. The molecule has 2 amide bonds. The van der Waals surface area contributed by atoms with Crippen LogP contribution in [-0.2, 0) is 21.4 Å². The van der Waals surface area contributed by atoms with Crippen molar-refractivity contribution in [1.82, 2.24) is 19.9 Å². The Bertz CT molecular complexity index is 1060. The molecule has 1 aliphatic heterocycles. The van der Waals surface area contributed by atoms with Gasteiger partial charge < -0.3 is 10.2 Å². The highest BCUT2D eigenvalue weighted by atomic mass is 16.2. The first-order chi connectivity index (χ1) is 14.0. The summed E-state index contributed by atoms with van der Waals surface area (Å²) in [6.45, 7) is 4.82. The van der Waals surface area contributed by atoms with Crippen molar-refractivity contribution >= 4 is 23.1 Å². The number of nitrogens with zero attached hydrogens (tertiary/aromatic N) is 4. The Kier molecular flexibility index (Phi) is 5.05. The van der Waals surface area contributed by atoms with Crippen LogP contribution >= 0.6 is 0 Å². The van der Waals surface area contributed by atoms with Crippen LogP contribution in [0, 0.1) is 0 Å². The maximum absolute atomic E-state index is 12.8. The van der Waals surface area contributed by atoms with Crippen molar-refractivity contribution in [2.45, 2.75) is 38.5 Å². The number of amides is 2. The van der Waals surface area contributed by atoms with Crippen molar-refractivity contribution in [2.75, 3.05) is 18.0 Å². The Hall–Kier alpha value is -3.22. The normalized spacial score (nSPS) is 15.0. The van der Waals surface area contributed by atoms with Gasteiger partial charge in [0.25, 0.3) is 0 Å². The first-order valence-electron chi connectivity index (χ1n) is 9.95. The summed E-state index contributed by atoms with van der Waals surface area (Å²) < 4.78 is 1.96. The molecule has 1 aromatic carbocycles.